The molecule has 0 aromatic heterocycles. The van der Waals surface area contributed by atoms with Crippen LogP contribution < -0.4 is 0 Å². The summed E-state index contributed by atoms with van der Waals surface area (Å²) in [4.78, 5) is 12.6. The van der Waals surface area contributed by atoms with Crippen LogP contribution in [0, 0.1) is 12.8 Å². The van der Waals surface area contributed by atoms with Gasteiger partial charge in [0.2, 0.25) is 0 Å². The quantitative estimate of drug-likeness (QED) is 0.310. The summed E-state index contributed by atoms with van der Waals surface area (Å²) in [7, 11) is 0. The molecule has 2 nitrogen and oxygen atoms in total. The molecule has 1 radical (unpaired) electrons. The Hall–Kier alpha value is -0.0461. The Morgan fingerprint density at radius 3 is 2.52 bits per heavy atom. The van der Waals surface area contributed by atoms with Gasteiger partial charge >= 0.3 is 0 Å². The predicted molar refractivity (Wildman–Crippen MR) is 109 cm³/mol. The van der Waals surface area contributed by atoms with E-state index >= 15 is 0 Å². The molecule has 1 aliphatic carbocycles. The van der Waals surface area contributed by atoms with E-state index < -0.39 is 0 Å². The van der Waals surface area contributed by atoms with E-state index in [-0.39, 0.29) is 44.7 Å². The van der Waals surface area contributed by atoms with Crippen LogP contribution in [0.3, 0.4) is 0 Å². The van der Waals surface area contributed by atoms with Crippen LogP contribution in [0.4, 0.5) is 0 Å². The van der Waals surface area contributed by atoms with Crippen molar-refractivity contribution in [2.24, 2.45) is 5.92 Å². The Kier molecular flexibility index (Phi) is 13.0. The van der Waals surface area contributed by atoms with Gasteiger partial charge in [0.05, 0.1) is 6.10 Å². The van der Waals surface area contributed by atoms with Crippen molar-refractivity contribution < 1.29 is 42.6 Å². The Morgan fingerprint density at radius 1 is 1.11 bits per heavy atom. The first-order valence-electron chi connectivity index (χ1n) is 10.8. The maximum atomic E-state index is 12.6. The first kappa shape index (κ1) is 25.0. The van der Waals surface area contributed by atoms with Crippen LogP contribution in [0.2, 0.25) is 0 Å². The SMILES string of the molecule is [CH2-]CCCCCC1CCCC(=O)C1c1ccc(C(O)CCCCC)cc1.[Y]. The number of Topliss-reactive ketones (excluding diaryl/α,β-unsaturated/α-hetero) is 1. The molecule has 1 fully saturated rings. The molecule has 0 aliphatic heterocycles. The van der Waals surface area contributed by atoms with E-state index in [9.17, 15) is 9.90 Å². The average Bonchev–Trinajstić information content (AvgIpc) is 2.66. The standard InChI is InChI=1S/C24H37O2.Y/c1-3-5-7-9-11-20-12-10-14-23(26)24(20)21-17-15-19(16-18-21)22(25)13-8-6-4-2;/h15-18,20,22,24-25H,1,3-14H2,2H3;/q-1;. The van der Waals surface area contributed by atoms with Crippen LogP contribution in [-0.4, -0.2) is 10.9 Å². The summed E-state index contributed by atoms with van der Waals surface area (Å²) >= 11 is 0. The minimum absolute atomic E-state index is 0. The molecule has 3 atom stereocenters. The fourth-order valence-electron chi connectivity index (χ4n) is 4.33. The zero-order valence-electron chi connectivity index (χ0n) is 17.2. The van der Waals surface area contributed by atoms with E-state index in [0.717, 1.165) is 49.7 Å². The molecule has 1 aromatic carbocycles. The van der Waals surface area contributed by atoms with Crippen LogP contribution in [0.5, 0.6) is 0 Å². The van der Waals surface area contributed by atoms with Crippen molar-refractivity contribution in [2.75, 3.05) is 0 Å². The summed E-state index contributed by atoms with van der Waals surface area (Å²) < 4.78 is 0. The van der Waals surface area contributed by atoms with Gasteiger partial charge in [-0.1, -0.05) is 69.7 Å². The normalized spacial score (nSPS) is 20.9. The third kappa shape index (κ3) is 8.07. The monoisotopic (exact) mass is 446 g/mol. The molecule has 0 heterocycles. The molecule has 1 aliphatic rings. The van der Waals surface area contributed by atoms with E-state index in [1.165, 1.54) is 38.5 Å². The Balaban J connectivity index is 0.00000364. The zero-order valence-corrected chi connectivity index (χ0v) is 20.0. The second kappa shape index (κ2) is 14.0. The van der Waals surface area contributed by atoms with Gasteiger partial charge in [-0.3, -0.25) is 4.79 Å². The van der Waals surface area contributed by atoms with Gasteiger partial charge in [-0.05, 0) is 42.7 Å². The van der Waals surface area contributed by atoms with E-state index in [2.05, 4.69) is 26.0 Å². The largest absolute Gasteiger partial charge is 0.388 e. The van der Waals surface area contributed by atoms with Crippen LogP contribution >= 0.6 is 0 Å². The summed E-state index contributed by atoms with van der Waals surface area (Å²) in [6.45, 7) is 6.09. The number of hydrogen-bond donors (Lipinski definition) is 1. The maximum Gasteiger partial charge on any atom is 0.140 e. The second-order valence-electron chi connectivity index (χ2n) is 7.98. The average molecular weight is 446 g/mol. The van der Waals surface area contributed by atoms with Gasteiger partial charge in [-0.15, -0.1) is 0 Å². The minimum atomic E-state index is -0.379. The number of carbonyl (C=O) groups excluding carboxylic acids is 1. The Labute approximate surface area is 191 Å². The summed E-state index contributed by atoms with van der Waals surface area (Å²) in [5.74, 6) is 0.964. The van der Waals surface area contributed by atoms with Crippen molar-refractivity contribution in [2.45, 2.75) is 96.0 Å². The van der Waals surface area contributed by atoms with Crippen LogP contribution in [0.15, 0.2) is 24.3 Å². The van der Waals surface area contributed by atoms with Crippen molar-refractivity contribution in [3.8, 4) is 0 Å². The summed E-state index contributed by atoms with van der Waals surface area (Å²) in [5, 5.41) is 10.3. The molecule has 0 spiro atoms. The number of ketones is 1. The molecule has 0 amide bonds. The van der Waals surface area contributed by atoms with E-state index in [4.69, 9.17) is 0 Å². The minimum Gasteiger partial charge on any atom is -0.388 e. The molecule has 1 saturated carbocycles. The number of aliphatic hydroxyl groups excluding tert-OH is 1. The van der Waals surface area contributed by atoms with Crippen LogP contribution in [0.1, 0.15) is 107 Å². The number of benzene rings is 1. The maximum absolute atomic E-state index is 12.6. The predicted octanol–water partition coefficient (Wildman–Crippen LogP) is 6.54. The van der Waals surface area contributed by atoms with Crippen molar-refractivity contribution in [1.29, 1.82) is 0 Å². The van der Waals surface area contributed by atoms with Crippen molar-refractivity contribution in [3.63, 3.8) is 0 Å². The van der Waals surface area contributed by atoms with Crippen LogP contribution in [0.25, 0.3) is 0 Å². The van der Waals surface area contributed by atoms with Gasteiger partial charge in [0, 0.05) is 45.0 Å². The smallest absolute Gasteiger partial charge is 0.140 e. The fourth-order valence-corrected chi connectivity index (χ4v) is 4.33. The van der Waals surface area contributed by atoms with Gasteiger partial charge in [-0.2, -0.15) is 6.42 Å². The molecular formula is C24H37O2Y-. The first-order chi connectivity index (χ1) is 12.7. The number of hydrogen-bond acceptors (Lipinski definition) is 2. The summed E-state index contributed by atoms with van der Waals surface area (Å²) in [6.07, 6.45) is 12.6. The molecule has 149 valence electrons. The topological polar surface area (TPSA) is 37.3 Å². The van der Waals surface area contributed by atoms with E-state index in [1.807, 2.05) is 12.1 Å². The number of rotatable bonds is 11. The Bertz CT molecular complexity index is 526. The summed E-state index contributed by atoms with van der Waals surface area (Å²) in [6, 6.07) is 8.26. The van der Waals surface area contributed by atoms with Gasteiger partial charge in [0.1, 0.15) is 5.78 Å². The molecule has 0 saturated heterocycles. The fraction of sp³-hybridized carbons (Fsp3) is 0.667. The van der Waals surface area contributed by atoms with Gasteiger partial charge in [-0.25, -0.2) is 0 Å². The molecule has 3 heteroatoms. The second-order valence-corrected chi connectivity index (χ2v) is 7.98. The van der Waals surface area contributed by atoms with Crippen molar-refractivity contribution in [3.05, 3.63) is 42.3 Å². The molecule has 0 bridgehead atoms. The molecule has 1 aromatic rings. The molecule has 27 heavy (non-hydrogen) atoms. The first-order valence-corrected chi connectivity index (χ1v) is 10.8. The Morgan fingerprint density at radius 2 is 1.85 bits per heavy atom. The third-order valence-electron chi connectivity index (χ3n) is 5.90. The third-order valence-corrected chi connectivity index (χ3v) is 5.90. The van der Waals surface area contributed by atoms with Gasteiger partial charge in [0.15, 0.2) is 0 Å². The number of unbranched alkanes of at least 4 members (excludes halogenated alkanes) is 5. The van der Waals surface area contributed by atoms with Gasteiger partial charge < -0.3 is 12.0 Å². The number of carbonyl (C=O) groups is 1. The zero-order chi connectivity index (χ0) is 18.8. The molecule has 3 unspecified atom stereocenters. The van der Waals surface area contributed by atoms with E-state index in [1.54, 1.807) is 0 Å². The van der Waals surface area contributed by atoms with Gasteiger partial charge in [0.25, 0.3) is 0 Å². The van der Waals surface area contributed by atoms with Crippen molar-refractivity contribution >= 4 is 5.78 Å². The van der Waals surface area contributed by atoms with E-state index in [0.29, 0.717) is 11.7 Å². The number of aliphatic hydroxyl groups is 1. The van der Waals surface area contributed by atoms with Crippen LogP contribution in [-0.2, 0) is 37.5 Å². The summed E-state index contributed by atoms with van der Waals surface area (Å²) in [5.41, 5.74) is 2.14. The molecule has 2 rings (SSSR count). The van der Waals surface area contributed by atoms with Crippen molar-refractivity contribution in [1.82, 2.24) is 0 Å². The molecule has 1 N–H and O–H groups in total. The molecular weight excluding hydrogens is 409 g/mol.